The number of rotatable bonds is 6. The van der Waals surface area contributed by atoms with Crippen LogP contribution in [0.1, 0.15) is 25.7 Å². The zero-order valence-corrected chi connectivity index (χ0v) is 13.4. The molecule has 0 spiro atoms. The molecule has 0 radical (unpaired) electrons. The number of nitrogens with one attached hydrogen (secondary N) is 2. The molecule has 3 rings (SSSR count). The summed E-state index contributed by atoms with van der Waals surface area (Å²) >= 11 is 0. The highest BCUT2D eigenvalue weighted by molar-refractivity contribution is 5.64. The van der Waals surface area contributed by atoms with Crippen LogP contribution in [0.5, 0.6) is 11.5 Å². The summed E-state index contributed by atoms with van der Waals surface area (Å²) in [4.78, 5) is 4.47. The SMILES string of the molecule is COc1ccc(Nc2nncc(NC3CCCC3)n2)c(OC)c1. The third kappa shape index (κ3) is 3.80. The number of hydrogen-bond acceptors (Lipinski definition) is 7. The van der Waals surface area contributed by atoms with Crippen LogP contribution in [0.2, 0.25) is 0 Å². The van der Waals surface area contributed by atoms with Crippen LogP contribution in [0.25, 0.3) is 0 Å². The van der Waals surface area contributed by atoms with Gasteiger partial charge >= 0.3 is 0 Å². The van der Waals surface area contributed by atoms with Crippen molar-refractivity contribution < 1.29 is 9.47 Å². The molecule has 1 aliphatic carbocycles. The Morgan fingerprint density at radius 3 is 2.70 bits per heavy atom. The molecular formula is C16H21N5O2. The average molecular weight is 315 g/mol. The molecule has 0 saturated heterocycles. The molecule has 23 heavy (non-hydrogen) atoms. The maximum Gasteiger partial charge on any atom is 0.249 e. The Balaban J connectivity index is 1.74. The zero-order valence-electron chi connectivity index (χ0n) is 13.4. The van der Waals surface area contributed by atoms with E-state index in [1.54, 1.807) is 26.5 Å². The minimum Gasteiger partial charge on any atom is -0.497 e. The lowest BCUT2D eigenvalue weighted by atomic mass is 10.2. The molecule has 0 amide bonds. The second-order valence-corrected chi connectivity index (χ2v) is 5.48. The van der Waals surface area contributed by atoms with Crippen LogP contribution in [-0.4, -0.2) is 35.4 Å². The van der Waals surface area contributed by atoms with Gasteiger partial charge in [-0.3, -0.25) is 0 Å². The number of ether oxygens (including phenoxy) is 2. The van der Waals surface area contributed by atoms with E-state index < -0.39 is 0 Å². The molecule has 1 aromatic heterocycles. The van der Waals surface area contributed by atoms with Gasteiger partial charge in [-0.25, -0.2) is 0 Å². The lowest BCUT2D eigenvalue weighted by Crippen LogP contribution is -2.16. The minimum absolute atomic E-state index is 0.427. The topological polar surface area (TPSA) is 81.2 Å². The minimum atomic E-state index is 0.427. The molecule has 1 fully saturated rings. The third-order valence-corrected chi connectivity index (χ3v) is 3.92. The van der Waals surface area contributed by atoms with Crippen molar-refractivity contribution in [1.82, 2.24) is 15.2 Å². The fraction of sp³-hybridized carbons (Fsp3) is 0.438. The predicted octanol–water partition coefficient (Wildman–Crippen LogP) is 2.99. The summed E-state index contributed by atoms with van der Waals surface area (Å²) in [6, 6.07) is 5.99. The monoisotopic (exact) mass is 315 g/mol. The van der Waals surface area contributed by atoms with Gasteiger partial charge in [0.1, 0.15) is 11.5 Å². The highest BCUT2D eigenvalue weighted by atomic mass is 16.5. The van der Waals surface area contributed by atoms with Crippen molar-refractivity contribution in [3.63, 3.8) is 0 Å². The molecule has 0 unspecified atom stereocenters. The standard InChI is InChI=1S/C16H21N5O2/c1-22-12-7-8-13(14(9-12)23-2)19-16-20-15(10-17-21-16)18-11-5-3-4-6-11/h7-11H,3-6H2,1-2H3,(H2,18,19,20,21). The molecule has 7 heteroatoms. The van der Waals surface area contributed by atoms with Crippen molar-refractivity contribution in [3.05, 3.63) is 24.4 Å². The van der Waals surface area contributed by atoms with Gasteiger partial charge in [0.2, 0.25) is 5.95 Å². The number of methoxy groups -OCH3 is 2. The average Bonchev–Trinajstić information content (AvgIpc) is 3.08. The van der Waals surface area contributed by atoms with E-state index in [0.29, 0.717) is 17.7 Å². The number of nitrogens with zero attached hydrogens (tertiary/aromatic N) is 3. The summed E-state index contributed by atoms with van der Waals surface area (Å²) in [5, 5.41) is 14.6. The van der Waals surface area contributed by atoms with Gasteiger partial charge in [0.25, 0.3) is 0 Å². The molecule has 122 valence electrons. The van der Waals surface area contributed by atoms with Crippen molar-refractivity contribution in [2.24, 2.45) is 0 Å². The van der Waals surface area contributed by atoms with E-state index in [0.717, 1.165) is 17.3 Å². The Kier molecular flexibility index (Phi) is 4.75. The van der Waals surface area contributed by atoms with Crippen molar-refractivity contribution in [2.75, 3.05) is 24.9 Å². The lowest BCUT2D eigenvalue weighted by Gasteiger charge is -2.14. The maximum atomic E-state index is 5.36. The van der Waals surface area contributed by atoms with Crippen LogP contribution in [0, 0.1) is 0 Å². The molecule has 2 aromatic rings. The molecule has 1 aliphatic rings. The molecule has 0 atom stereocenters. The van der Waals surface area contributed by atoms with E-state index in [1.807, 2.05) is 12.1 Å². The highest BCUT2D eigenvalue weighted by Gasteiger charge is 2.15. The molecule has 1 saturated carbocycles. The first-order valence-electron chi connectivity index (χ1n) is 7.74. The van der Waals surface area contributed by atoms with Gasteiger partial charge in [-0.15, -0.1) is 5.10 Å². The fourth-order valence-electron chi connectivity index (χ4n) is 2.73. The second-order valence-electron chi connectivity index (χ2n) is 5.48. The first-order chi connectivity index (χ1) is 11.3. The van der Waals surface area contributed by atoms with Crippen molar-refractivity contribution in [1.29, 1.82) is 0 Å². The van der Waals surface area contributed by atoms with Crippen molar-refractivity contribution in [3.8, 4) is 11.5 Å². The fourth-order valence-corrected chi connectivity index (χ4v) is 2.73. The quantitative estimate of drug-likeness (QED) is 0.848. The summed E-state index contributed by atoms with van der Waals surface area (Å²) < 4.78 is 10.6. The first kappa shape index (κ1) is 15.3. The van der Waals surface area contributed by atoms with E-state index in [2.05, 4.69) is 25.8 Å². The van der Waals surface area contributed by atoms with Gasteiger partial charge in [-0.2, -0.15) is 10.1 Å². The lowest BCUT2D eigenvalue weighted by molar-refractivity contribution is 0.395. The van der Waals surface area contributed by atoms with Crippen molar-refractivity contribution in [2.45, 2.75) is 31.7 Å². The number of aromatic nitrogens is 3. The Morgan fingerprint density at radius 2 is 1.96 bits per heavy atom. The molecule has 1 aromatic carbocycles. The van der Waals surface area contributed by atoms with E-state index in [1.165, 1.54) is 25.7 Å². The first-order valence-corrected chi connectivity index (χ1v) is 7.74. The van der Waals surface area contributed by atoms with E-state index in [-0.39, 0.29) is 0 Å². The van der Waals surface area contributed by atoms with Crippen LogP contribution in [0.3, 0.4) is 0 Å². The molecule has 0 bridgehead atoms. The Bertz CT molecular complexity index is 659. The van der Waals surface area contributed by atoms with Crippen LogP contribution in [0.15, 0.2) is 24.4 Å². The molecular weight excluding hydrogens is 294 g/mol. The summed E-state index contributed by atoms with van der Waals surface area (Å²) in [5.74, 6) is 2.54. The Labute approximate surface area is 135 Å². The molecule has 1 heterocycles. The van der Waals surface area contributed by atoms with Gasteiger partial charge in [-0.1, -0.05) is 12.8 Å². The van der Waals surface area contributed by atoms with Gasteiger partial charge in [0.05, 0.1) is 26.1 Å². The smallest absolute Gasteiger partial charge is 0.249 e. The number of hydrogen-bond donors (Lipinski definition) is 2. The van der Waals surface area contributed by atoms with E-state index in [9.17, 15) is 0 Å². The normalized spacial score (nSPS) is 14.5. The van der Waals surface area contributed by atoms with Crippen LogP contribution in [-0.2, 0) is 0 Å². The predicted molar refractivity (Wildman–Crippen MR) is 88.5 cm³/mol. The number of anilines is 3. The Morgan fingerprint density at radius 1 is 1.13 bits per heavy atom. The molecule has 2 N–H and O–H groups in total. The summed E-state index contributed by atoms with van der Waals surface area (Å²) in [7, 11) is 3.23. The maximum absolute atomic E-state index is 5.36. The van der Waals surface area contributed by atoms with Crippen LogP contribution in [0.4, 0.5) is 17.5 Å². The summed E-state index contributed by atoms with van der Waals surface area (Å²) in [6.45, 7) is 0. The molecule has 7 nitrogen and oxygen atoms in total. The third-order valence-electron chi connectivity index (χ3n) is 3.92. The Hall–Kier alpha value is -2.57. The van der Waals surface area contributed by atoms with E-state index >= 15 is 0 Å². The largest absolute Gasteiger partial charge is 0.497 e. The van der Waals surface area contributed by atoms with Crippen LogP contribution < -0.4 is 20.1 Å². The van der Waals surface area contributed by atoms with Crippen LogP contribution >= 0.6 is 0 Å². The second kappa shape index (κ2) is 7.13. The van der Waals surface area contributed by atoms with E-state index in [4.69, 9.17) is 9.47 Å². The molecule has 0 aliphatic heterocycles. The number of benzene rings is 1. The van der Waals surface area contributed by atoms with Gasteiger partial charge in [0.15, 0.2) is 5.82 Å². The van der Waals surface area contributed by atoms with Gasteiger partial charge in [0, 0.05) is 12.1 Å². The zero-order chi connectivity index (χ0) is 16.1. The summed E-state index contributed by atoms with van der Waals surface area (Å²) in [6.07, 6.45) is 6.54. The van der Waals surface area contributed by atoms with Gasteiger partial charge in [-0.05, 0) is 25.0 Å². The van der Waals surface area contributed by atoms with Gasteiger partial charge < -0.3 is 20.1 Å². The highest BCUT2D eigenvalue weighted by Crippen LogP contribution is 2.30. The van der Waals surface area contributed by atoms with Crippen molar-refractivity contribution >= 4 is 17.5 Å². The summed E-state index contributed by atoms with van der Waals surface area (Å²) in [5.41, 5.74) is 0.758.